The van der Waals surface area contributed by atoms with E-state index in [-0.39, 0.29) is 17.4 Å². The summed E-state index contributed by atoms with van der Waals surface area (Å²) in [5, 5.41) is 0. The number of carbonyl (C=O) groups is 1. The molecule has 1 saturated heterocycles. The maximum Gasteiger partial charge on any atom is 0.251 e. The number of ether oxygens (including phenoxy) is 1. The number of fused-ring (bicyclic) bond motifs is 4. The number of methoxy groups -OCH3 is 1. The summed E-state index contributed by atoms with van der Waals surface area (Å²) in [5.74, 6) is 1.46. The number of rotatable bonds is 2. The summed E-state index contributed by atoms with van der Waals surface area (Å²) in [6.45, 7) is 3.77. The monoisotopic (exact) mass is 338 g/mol. The fourth-order valence-electron chi connectivity index (χ4n) is 4.25. The molecule has 0 aliphatic carbocycles. The minimum atomic E-state index is 0.0318. The Balaban J connectivity index is 1.81. The molecule has 130 valence electrons. The highest BCUT2D eigenvalue weighted by Gasteiger charge is 2.35. The van der Waals surface area contributed by atoms with E-state index in [0.29, 0.717) is 19.0 Å². The molecule has 2 aromatic rings. The zero-order chi connectivity index (χ0) is 17.6. The topological polar surface area (TPSA) is 51.5 Å². The van der Waals surface area contributed by atoms with Crippen molar-refractivity contribution in [2.75, 3.05) is 20.2 Å². The molecule has 3 heterocycles. The van der Waals surface area contributed by atoms with Gasteiger partial charge in [0.05, 0.1) is 7.11 Å². The molecular weight excluding hydrogens is 316 g/mol. The third-order valence-corrected chi connectivity index (χ3v) is 5.42. The van der Waals surface area contributed by atoms with Gasteiger partial charge in [0.25, 0.3) is 5.56 Å². The summed E-state index contributed by atoms with van der Waals surface area (Å²) >= 11 is 0. The first-order chi connectivity index (χ1) is 12.1. The Labute approximate surface area is 146 Å². The predicted molar refractivity (Wildman–Crippen MR) is 95.8 cm³/mol. The molecule has 5 nitrogen and oxygen atoms in total. The van der Waals surface area contributed by atoms with Gasteiger partial charge in [0.2, 0.25) is 5.91 Å². The van der Waals surface area contributed by atoms with Crippen LogP contribution in [0.1, 0.15) is 25.0 Å². The number of benzene rings is 1. The first-order valence-electron chi connectivity index (χ1n) is 8.70. The Morgan fingerprint density at radius 3 is 2.72 bits per heavy atom. The van der Waals surface area contributed by atoms with E-state index in [1.54, 1.807) is 20.1 Å². The maximum atomic E-state index is 12.7. The van der Waals surface area contributed by atoms with Crippen LogP contribution in [0.4, 0.5) is 0 Å². The second-order valence-electron chi connectivity index (χ2n) is 7.04. The Bertz CT molecular complexity index is 887. The molecule has 0 spiro atoms. The third-order valence-electron chi connectivity index (χ3n) is 5.42. The quantitative estimate of drug-likeness (QED) is 0.845. The van der Waals surface area contributed by atoms with Crippen molar-refractivity contribution in [2.45, 2.75) is 25.8 Å². The van der Waals surface area contributed by atoms with Crippen molar-refractivity contribution in [1.29, 1.82) is 0 Å². The molecule has 4 rings (SSSR count). The Morgan fingerprint density at radius 2 is 1.96 bits per heavy atom. The average Bonchev–Trinajstić information content (AvgIpc) is 2.62. The first-order valence-corrected chi connectivity index (χ1v) is 8.70. The van der Waals surface area contributed by atoms with Crippen LogP contribution in [-0.2, 0) is 11.3 Å². The minimum absolute atomic E-state index is 0.0318. The number of hydrogen-bond acceptors (Lipinski definition) is 3. The Morgan fingerprint density at radius 1 is 1.16 bits per heavy atom. The number of para-hydroxylation sites is 1. The van der Waals surface area contributed by atoms with Crippen LogP contribution in [0.3, 0.4) is 0 Å². The molecule has 1 fully saturated rings. The van der Waals surface area contributed by atoms with Crippen molar-refractivity contribution < 1.29 is 9.53 Å². The van der Waals surface area contributed by atoms with E-state index in [9.17, 15) is 9.59 Å². The molecule has 0 N–H and O–H groups in total. The van der Waals surface area contributed by atoms with E-state index in [0.717, 1.165) is 35.5 Å². The van der Waals surface area contributed by atoms with Crippen LogP contribution in [0.25, 0.3) is 11.1 Å². The normalized spacial score (nSPS) is 21.6. The summed E-state index contributed by atoms with van der Waals surface area (Å²) in [6.07, 6.45) is 1.04. The highest BCUT2D eigenvalue weighted by Crippen LogP contribution is 2.37. The number of hydrogen-bond donors (Lipinski definition) is 0. The highest BCUT2D eigenvalue weighted by atomic mass is 16.5. The lowest BCUT2D eigenvalue weighted by Crippen LogP contribution is -2.48. The second kappa shape index (κ2) is 6.06. The van der Waals surface area contributed by atoms with Crippen LogP contribution in [0, 0.1) is 5.92 Å². The minimum Gasteiger partial charge on any atom is -0.496 e. The summed E-state index contributed by atoms with van der Waals surface area (Å²) in [7, 11) is 1.64. The zero-order valence-electron chi connectivity index (χ0n) is 14.6. The third kappa shape index (κ3) is 2.73. The summed E-state index contributed by atoms with van der Waals surface area (Å²) < 4.78 is 7.35. The molecule has 0 radical (unpaired) electrons. The SMILES string of the molecule is COc1ccccc1-c1cc2n(c(=O)c1)C[C@H]1C[C@@H]2CN(C(C)=O)C1. The van der Waals surface area contributed by atoms with Crippen molar-refractivity contribution in [1.82, 2.24) is 9.47 Å². The Kier molecular flexibility index (Phi) is 3.86. The van der Waals surface area contributed by atoms with E-state index in [4.69, 9.17) is 4.74 Å². The molecule has 0 unspecified atom stereocenters. The van der Waals surface area contributed by atoms with Gasteiger partial charge in [-0.05, 0) is 30.0 Å². The fourth-order valence-corrected chi connectivity index (χ4v) is 4.25. The summed E-state index contributed by atoms with van der Waals surface area (Å²) in [5.41, 5.74) is 2.87. The van der Waals surface area contributed by atoms with E-state index in [2.05, 4.69) is 6.07 Å². The van der Waals surface area contributed by atoms with Crippen molar-refractivity contribution in [3.8, 4) is 16.9 Å². The van der Waals surface area contributed by atoms with Gasteiger partial charge in [-0.15, -0.1) is 0 Å². The average molecular weight is 338 g/mol. The standard InChI is InChI=1S/C20H22N2O3/c1-13(23)21-10-14-7-16(12-21)18-8-15(9-20(24)22(18)11-14)17-5-3-4-6-19(17)25-2/h3-6,8-9,14,16H,7,10-12H2,1-2H3/t14-,16+/m0/s1. The van der Waals surface area contributed by atoms with Gasteiger partial charge >= 0.3 is 0 Å². The summed E-state index contributed by atoms with van der Waals surface area (Å²) in [4.78, 5) is 26.5. The van der Waals surface area contributed by atoms with E-state index in [1.807, 2.05) is 33.7 Å². The van der Waals surface area contributed by atoms with Crippen LogP contribution < -0.4 is 10.3 Å². The van der Waals surface area contributed by atoms with Gasteiger partial charge in [0.15, 0.2) is 0 Å². The molecule has 5 heteroatoms. The molecule has 2 atom stereocenters. The van der Waals surface area contributed by atoms with Crippen molar-refractivity contribution in [3.05, 3.63) is 52.4 Å². The summed E-state index contributed by atoms with van der Waals surface area (Å²) in [6, 6.07) is 11.5. The van der Waals surface area contributed by atoms with Gasteiger partial charge in [-0.25, -0.2) is 0 Å². The lowest BCUT2D eigenvalue weighted by atomic mass is 9.82. The van der Waals surface area contributed by atoms with Gasteiger partial charge in [-0.1, -0.05) is 18.2 Å². The predicted octanol–water partition coefficient (Wildman–Crippen LogP) is 2.49. The van der Waals surface area contributed by atoms with Crippen molar-refractivity contribution in [2.24, 2.45) is 5.92 Å². The smallest absolute Gasteiger partial charge is 0.251 e. The number of aromatic nitrogens is 1. The van der Waals surface area contributed by atoms with E-state index >= 15 is 0 Å². The molecule has 1 aromatic carbocycles. The lowest BCUT2D eigenvalue weighted by Gasteiger charge is -2.42. The van der Waals surface area contributed by atoms with Crippen molar-refractivity contribution >= 4 is 5.91 Å². The van der Waals surface area contributed by atoms with Gasteiger partial charge in [-0.3, -0.25) is 9.59 Å². The fraction of sp³-hybridized carbons (Fsp3) is 0.400. The maximum absolute atomic E-state index is 12.7. The molecule has 25 heavy (non-hydrogen) atoms. The number of nitrogens with zero attached hydrogens (tertiary/aromatic N) is 2. The number of pyridine rings is 1. The van der Waals surface area contributed by atoms with Gasteiger partial charge in [0, 0.05) is 49.8 Å². The van der Waals surface area contributed by atoms with Crippen LogP contribution in [0.15, 0.2) is 41.2 Å². The lowest BCUT2D eigenvalue weighted by molar-refractivity contribution is -0.131. The molecule has 2 bridgehead atoms. The molecule has 2 aliphatic heterocycles. The molecule has 2 aliphatic rings. The van der Waals surface area contributed by atoms with Gasteiger partial charge in [0.1, 0.15) is 5.75 Å². The first kappa shape index (κ1) is 15.9. The van der Waals surface area contributed by atoms with Gasteiger partial charge in [-0.2, -0.15) is 0 Å². The molecular formula is C20H22N2O3. The molecule has 0 saturated carbocycles. The van der Waals surface area contributed by atoms with Crippen LogP contribution in [0.2, 0.25) is 0 Å². The number of carbonyl (C=O) groups excluding carboxylic acids is 1. The highest BCUT2D eigenvalue weighted by molar-refractivity contribution is 5.73. The van der Waals surface area contributed by atoms with Crippen LogP contribution in [-0.4, -0.2) is 35.6 Å². The van der Waals surface area contributed by atoms with Crippen LogP contribution >= 0.6 is 0 Å². The number of piperidine rings is 1. The number of amides is 1. The largest absolute Gasteiger partial charge is 0.496 e. The van der Waals surface area contributed by atoms with E-state index in [1.165, 1.54) is 0 Å². The number of likely N-dealkylation sites (tertiary alicyclic amines) is 1. The molecule has 1 amide bonds. The van der Waals surface area contributed by atoms with Gasteiger partial charge < -0.3 is 14.2 Å². The van der Waals surface area contributed by atoms with E-state index < -0.39 is 0 Å². The zero-order valence-corrected chi connectivity index (χ0v) is 14.6. The van der Waals surface area contributed by atoms with Crippen molar-refractivity contribution in [3.63, 3.8) is 0 Å². The van der Waals surface area contributed by atoms with Crippen LogP contribution in [0.5, 0.6) is 5.75 Å². The Hall–Kier alpha value is -2.56. The second-order valence-corrected chi connectivity index (χ2v) is 7.04. The molecule has 1 aromatic heterocycles.